The monoisotopic (exact) mass is 339 g/mol. The van der Waals surface area contributed by atoms with Gasteiger partial charge in [-0.25, -0.2) is 0 Å². The van der Waals surface area contributed by atoms with Crippen molar-refractivity contribution in [2.45, 2.75) is 58.4 Å². The summed E-state index contributed by atoms with van der Waals surface area (Å²) in [6, 6.07) is 5.09. The first-order chi connectivity index (χ1) is 9.74. The highest BCUT2D eigenvalue weighted by Crippen LogP contribution is 2.33. The van der Waals surface area contributed by atoms with Crippen molar-refractivity contribution in [3.8, 4) is 5.75 Å². The first-order valence-electron chi connectivity index (χ1n) is 7.92. The molecule has 0 spiro atoms. The molecule has 1 heterocycles. The van der Waals surface area contributed by atoms with Gasteiger partial charge in [0.2, 0.25) is 0 Å². The number of nitrogens with one attached hydrogen (secondary N) is 1. The molecule has 1 N–H and O–H groups in total. The summed E-state index contributed by atoms with van der Waals surface area (Å²) >= 11 is 3.62. The normalized spacial score (nSPS) is 14.9. The summed E-state index contributed by atoms with van der Waals surface area (Å²) in [5, 5.41) is 3.63. The molecule has 1 unspecified atom stereocenters. The predicted octanol–water partition coefficient (Wildman–Crippen LogP) is 4.48. The zero-order chi connectivity index (χ0) is 14.4. The van der Waals surface area contributed by atoms with E-state index >= 15 is 0 Å². The van der Waals surface area contributed by atoms with Crippen LogP contribution >= 0.6 is 15.9 Å². The Bertz CT molecular complexity index is 433. The third-order valence-electron chi connectivity index (χ3n) is 4.00. The van der Waals surface area contributed by atoms with Crippen molar-refractivity contribution in [3.63, 3.8) is 0 Å². The number of ether oxygens (including phenoxy) is 1. The molecular weight excluding hydrogens is 314 g/mol. The Morgan fingerprint density at radius 2 is 2.20 bits per heavy atom. The Morgan fingerprint density at radius 3 is 2.95 bits per heavy atom. The fourth-order valence-corrected chi connectivity index (χ4v) is 3.42. The van der Waals surface area contributed by atoms with E-state index in [1.807, 2.05) is 0 Å². The molecule has 0 saturated carbocycles. The Balaban J connectivity index is 1.88. The molecule has 0 aliphatic carbocycles. The lowest BCUT2D eigenvalue weighted by Crippen LogP contribution is -2.29. The molecule has 1 aromatic rings. The van der Waals surface area contributed by atoms with Gasteiger partial charge in [-0.05, 0) is 61.9 Å². The van der Waals surface area contributed by atoms with Crippen molar-refractivity contribution in [1.29, 1.82) is 0 Å². The Labute approximate surface area is 131 Å². The summed E-state index contributed by atoms with van der Waals surface area (Å²) < 4.78 is 6.98. The van der Waals surface area contributed by atoms with E-state index in [2.05, 4.69) is 47.2 Å². The maximum absolute atomic E-state index is 5.80. The van der Waals surface area contributed by atoms with Gasteiger partial charge in [0.25, 0.3) is 0 Å². The van der Waals surface area contributed by atoms with Crippen LogP contribution in [0.1, 0.15) is 50.7 Å². The van der Waals surface area contributed by atoms with Crippen molar-refractivity contribution in [3.05, 3.63) is 27.7 Å². The van der Waals surface area contributed by atoms with Crippen LogP contribution in [0.4, 0.5) is 0 Å². The number of hydrogen-bond donors (Lipinski definition) is 1. The third kappa shape index (κ3) is 4.23. The smallest absolute Gasteiger partial charge is 0.125 e. The molecule has 2 rings (SSSR count). The van der Waals surface area contributed by atoms with Crippen molar-refractivity contribution in [2.24, 2.45) is 0 Å². The summed E-state index contributed by atoms with van der Waals surface area (Å²) in [6.45, 7) is 6.47. The number of halogens is 1. The van der Waals surface area contributed by atoms with E-state index in [9.17, 15) is 0 Å². The highest BCUT2D eigenvalue weighted by Gasteiger charge is 2.17. The van der Waals surface area contributed by atoms with Crippen LogP contribution in [-0.2, 0) is 12.8 Å². The molecule has 20 heavy (non-hydrogen) atoms. The summed E-state index contributed by atoms with van der Waals surface area (Å²) in [6.07, 6.45) is 7.07. The molecule has 0 saturated heterocycles. The van der Waals surface area contributed by atoms with Crippen LogP contribution in [0.5, 0.6) is 5.75 Å². The summed E-state index contributed by atoms with van der Waals surface area (Å²) in [7, 11) is 0. The van der Waals surface area contributed by atoms with E-state index in [0.717, 1.165) is 31.7 Å². The van der Waals surface area contributed by atoms with Crippen LogP contribution < -0.4 is 10.1 Å². The molecule has 1 aliphatic rings. The summed E-state index contributed by atoms with van der Waals surface area (Å²) in [5.41, 5.74) is 2.74. The molecule has 0 bridgehead atoms. The van der Waals surface area contributed by atoms with Gasteiger partial charge in [-0.2, -0.15) is 0 Å². The summed E-state index contributed by atoms with van der Waals surface area (Å²) in [4.78, 5) is 0. The van der Waals surface area contributed by atoms with Crippen molar-refractivity contribution >= 4 is 15.9 Å². The lowest BCUT2D eigenvalue weighted by atomic mass is 10.0. The second kappa shape index (κ2) is 8.04. The SMILES string of the molecule is CCCNC(CC)CCCc1cc(Br)cc2c1OCC2. The van der Waals surface area contributed by atoms with Gasteiger partial charge in [-0.1, -0.05) is 29.8 Å². The molecule has 1 aromatic carbocycles. The molecule has 3 heteroatoms. The van der Waals surface area contributed by atoms with Gasteiger partial charge < -0.3 is 10.1 Å². The van der Waals surface area contributed by atoms with Gasteiger partial charge in [-0.15, -0.1) is 0 Å². The predicted molar refractivity (Wildman–Crippen MR) is 88.7 cm³/mol. The lowest BCUT2D eigenvalue weighted by Gasteiger charge is -2.17. The lowest BCUT2D eigenvalue weighted by molar-refractivity contribution is 0.352. The minimum atomic E-state index is 0.663. The Kier molecular flexibility index (Phi) is 6.37. The average Bonchev–Trinajstić information content (AvgIpc) is 2.90. The second-order valence-corrected chi connectivity index (χ2v) is 6.52. The van der Waals surface area contributed by atoms with E-state index in [1.165, 1.54) is 41.3 Å². The maximum Gasteiger partial charge on any atom is 0.125 e. The number of aryl methyl sites for hydroxylation is 1. The zero-order valence-electron chi connectivity index (χ0n) is 12.7. The average molecular weight is 340 g/mol. The van der Waals surface area contributed by atoms with Crippen molar-refractivity contribution < 1.29 is 4.74 Å². The van der Waals surface area contributed by atoms with Gasteiger partial charge >= 0.3 is 0 Å². The molecule has 1 aliphatic heterocycles. The molecule has 0 aromatic heterocycles. The molecule has 112 valence electrons. The van der Waals surface area contributed by atoms with Gasteiger partial charge in [0.15, 0.2) is 0 Å². The highest BCUT2D eigenvalue weighted by atomic mass is 79.9. The van der Waals surface area contributed by atoms with E-state index in [4.69, 9.17) is 4.74 Å². The van der Waals surface area contributed by atoms with Crippen LogP contribution in [0.25, 0.3) is 0 Å². The minimum absolute atomic E-state index is 0.663. The molecular formula is C17H26BrNO. The van der Waals surface area contributed by atoms with E-state index in [0.29, 0.717) is 6.04 Å². The molecule has 1 atom stereocenters. The standard InChI is InChI=1S/C17H26BrNO/c1-3-9-19-16(4-2)7-5-6-13-11-15(18)12-14-8-10-20-17(13)14/h11-12,16,19H,3-10H2,1-2H3. The van der Waals surface area contributed by atoms with Gasteiger partial charge in [0.1, 0.15) is 5.75 Å². The molecule has 0 amide bonds. The van der Waals surface area contributed by atoms with Gasteiger partial charge in [-0.3, -0.25) is 0 Å². The van der Waals surface area contributed by atoms with Crippen LogP contribution in [0, 0.1) is 0 Å². The summed E-state index contributed by atoms with van der Waals surface area (Å²) in [5.74, 6) is 1.16. The number of fused-ring (bicyclic) bond motifs is 1. The van der Waals surface area contributed by atoms with E-state index in [-0.39, 0.29) is 0 Å². The minimum Gasteiger partial charge on any atom is -0.493 e. The largest absolute Gasteiger partial charge is 0.493 e. The van der Waals surface area contributed by atoms with Crippen molar-refractivity contribution in [2.75, 3.05) is 13.2 Å². The Morgan fingerprint density at radius 1 is 1.35 bits per heavy atom. The van der Waals surface area contributed by atoms with E-state index < -0.39 is 0 Å². The number of hydrogen-bond acceptors (Lipinski definition) is 2. The van der Waals surface area contributed by atoms with Crippen LogP contribution in [0.15, 0.2) is 16.6 Å². The van der Waals surface area contributed by atoms with Gasteiger partial charge in [0.05, 0.1) is 6.61 Å². The van der Waals surface area contributed by atoms with Crippen molar-refractivity contribution in [1.82, 2.24) is 5.32 Å². The van der Waals surface area contributed by atoms with E-state index in [1.54, 1.807) is 0 Å². The van der Waals surface area contributed by atoms with Gasteiger partial charge in [0, 0.05) is 16.9 Å². The maximum atomic E-state index is 5.80. The van der Waals surface area contributed by atoms with Crippen LogP contribution in [0.3, 0.4) is 0 Å². The molecule has 2 nitrogen and oxygen atoms in total. The first kappa shape index (κ1) is 15.8. The highest BCUT2D eigenvalue weighted by molar-refractivity contribution is 9.10. The number of benzene rings is 1. The third-order valence-corrected chi connectivity index (χ3v) is 4.46. The fourth-order valence-electron chi connectivity index (χ4n) is 2.87. The fraction of sp³-hybridized carbons (Fsp3) is 0.647. The zero-order valence-corrected chi connectivity index (χ0v) is 14.3. The Hall–Kier alpha value is -0.540. The van der Waals surface area contributed by atoms with Crippen LogP contribution in [-0.4, -0.2) is 19.2 Å². The second-order valence-electron chi connectivity index (χ2n) is 5.60. The molecule has 0 fully saturated rings. The first-order valence-corrected chi connectivity index (χ1v) is 8.71. The number of rotatable bonds is 8. The van der Waals surface area contributed by atoms with Crippen LogP contribution in [0.2, 0.25) is 0 Å². The molecule has 0 radical (unpaired) electrons. The quantitative estimate of drug-likeness (QED) is 0.753. The topological polar surface area (TPSA) is 21.3 Å².